The predicted molar refractivity (Wildman–Crippen MR) is 176 cm³/mol. The van der Waals surface area contributed by atoms with Crippen LogP contribution in [-0.2, 0) is 9.59 Å². The fraction of sp³-hybridized carbons (Fsp3) is 0.543. The molecule has 2 heterocycles. The molecule has 0 radical (unpaired) electrons. The Hall–Kier alpha value is -3.46. The van der Waals surface area contributed by atoms with E-state index in [0.29, 0.717) is 18.3 Å². The maximum Gasteiger partial charge on any atom is 0.223 e. The second-order valence-electron chi connectivity index (χ2n) is 12.8. The zero-order valence-electron chi connectivity index (χ0n) is 26.8. The van der Waals surface area contributed by atoms with E-state index in [0.717, 1.165) is 89.4 Å². The van der Waals surface area contributed by atoms with E-state index in [-0.39, 0.29) is 29.9 Å². The fourth-order valence-corrected chi connectivity index (χ4v) is 7.08. The zero-order chi connectivity index (χ0) is 31.4. The quantitative estimate of drug-likeness (QED) is 0.120. The maximum atomic E-state index is 13.3. The number of pyridine rings is 1. The number of nitrogens with one attached hydrogen (secondary N) is 1. The Balaban J connectivity index is 1.23. The summed E-state index contributed by atoms with van der Waals surface area (Å²) in [6.07, 6.45) is 10.9. The Labute approximate surface area is 265 Å². The van der Waals surface area contributed by atoms with E-state index in [4.69, 9.17) is 19.4 Å². The Morgan fingerprint density at radius 3 is 2.73 bits per heavy atom. The number of hydrogen-bond acceptors (Lipinski definition) is 7. The van der Waals surface area contributed by atoms with Gasteiger partial charge in [0.15, 0.2) is 0 Å². The molecule has 9 heteroatoms. The van der Waals surface area contributed by atoms with Crippen molar-refractivity contribution in [2.45, 2.75) is 84.3 Å². The van der Waals surface area contributed by atoms with E-state index in [1.54, 1.807) is 30.4 Å². The van der Waals surface area contributed by atoms with Crippen molar-refractivity contribution in [3.8, 4) is 22.2 Å². The molecule has 2 saturated carbocycles. The predicted octanol–water partition coefficient (Wildman–Crippen LogP) is 6.91. The van der Waals surface area contributed by atoms with Crippen LogP contribution < -0.4 is 14.8 Å². The minimum Gasteiger partial charge on any atom is -0.496 e. The van der Waals surface area contributed by atoms with Gasteiger partial charge >= 0.3 is 0 Å². The first-order valence-corrected chi connectivity index (χ1v) is 16.8. The summed E-state index contributed by atoms with van der Waals surface area (Å²) in [5.41, 5.74) is 3.66. The molecule has 2 fully saturated rings. The molecule has 1 unspecified atom stereocenters. The highest BCUT2D eigenvalue weighted by Gasteiger charge is 2.42. The lowest BCUT2D eigenvalue weighted by molar-refractivity contribution is -0.126. The molecule has 0 bridgehead atoms. The highest BCUT2D eigenvalue weighted by Crippen LogP contribution is 2.41. The molecule has 2 amide bonds. The average molecular weight is 619 g/mol. The SMILES string of the molecule is COc1ccc2c(O[C@H]3CC(C)[C@H](C(=O)N[C@@H]4C[C@H]4/C=C\CCCCN(C)C=O)C3)cc(-c3nc(C(C)C)cs3)nc2c1C. The number of aryl methyl sites for hydroxylation is 1. The number of methoxy groups -OCH3 is 1. The standard InChI is InChI=1S/C35H46N4O4S/c1-21(2)30-19-44-35(38-30)29-18-32(26-12-13-31(42-6)23(4)33(26)36-29)43-25-15-22(3)27(17-25)34(41)37-28-16-24(28)11-9-7-8-10-14-39(5)20-40/h9,11-13,18-22,24-25,27-28H,7-8,10,14-17H2,1-6H3,(H,37,41)/b11-9-/t22?,24-,25+,27-,28-/m1/s1. The van der Waals surface area contributed by atoms with Gasteiger partial charge < -0.3 is 19.7 Å². The first-order chi connectivity index (χ1) is 21.2. The van der Waals surface area contributed by atoms with Gasteiger partial charge in [0.05, 0.1) is 24.4 Å². The smallest absolute Gasteiger partial charge is 0.223 e. The third kappa shape index (κ3) is 7.42. The van der Waals surface area contributed by atoms with Crippen LogP contribution in [0, 0.1) is 24.7 Å². The van der Waals surface area contributed by atoms with Crippen molar-refractivity contribution in [3.05, 3.63) is 47.0 Å². The van der Waals surface area contributed by atoms with Crippen molar-refractivity contribution < 1.29 is 19.1 Å². The number of ether oxygens (including phenoxy) is 2. The number of rotatable bonds is 14. The van der Waals surface area contributed by atoms with Gasteiger partial charge in [-0.25, -0.2) is 9.97 Å². The third-order valence-electron chi connectivity index (χ3n) is 9.03. The van der Waals surface area contributed by atoms with Gasteiger partial charge in [0.1, 0.15) is 22.2 Å². The summed E-state index contributed by atoms with van der Waals surface area (Å²) in [5.74, 6) is 2.64. The second kappa shape index (κ2) is 14.1. The topological polar surface area (TPSA) is 93.7 Å². The summed E-state index contributed by atoms with van der Waals surface area (Å²) in [6, 6.07) is 6.22. The number of amides is 2. The van der Waals surface area contributed by atoms with E-state index in [1.165, 1.54) is 0 Å². The van der Waals surface area contributed by atoms with E-state index >= 15 is 0 Å². The lowest BCUT2D eigenvalue weighted by atomic mass is 9.97. The number of allylic oxidation sites excluding steroid dienone is 1. The number of carbonyl (C=O) groups excluding carboxylic acids is 2. The number of carbonyl (C=O) groups is 2. The summed E-state index contributed by atoms with van der Waals surface area (Å²) in [4.78, 5) is 35.6. The van der Waals surface area contributed by atoms with Crippen LogP contribution in [0.5, 0.6) is 11.5 Å². The molecule has 2 aliphatic carbocycles. The number of hydrogen-bond donors (Lipinski definition) is 1. The van der Waals surface area contributed by atoms with Crippen LogP contribution in [0.2, 0.25) is 0 Å². The molecular formula is C35H46N4O4S. The molecular weight excluding hydrogens is 572 g/mol. The van der Waals surface area contributed by atoms with Gasteiger partial charge in [-0.2, -0.15) is 0 Å². The average Bonchev–Trinajstić information content (AvgIpc) is 3.36. The van der Waals surface area contributed by atoms with Gasteiger partial charge in [0.2, 0.25) is 12.3 Å². The molecule has 5 atom stereocenters. The van der Waals surface area contributed by atoms with Gasteiger partial charge in [0, 0.05) is 47.9 Å². The molecule has 2 aliphatic rings. The van der Waals surface area contributed by atoms with Crippen LogP contribution in [0.1, 0.15) is 76.5 Å². The van der Waals surface area contributed by atoms with E-state index in [2.05, 4.69) is 43.6 Å². The molecule has 1 N–H and O–H groups in total. The van der Waals surface area contributed by atoms with Crippen LogP contribution in [0.3, 0.4) is 0 Å². The molecule has 1 aromatic carbocycles. The van der Waals surface area contributed by atoms with Crippen LogP contribution in [0.25, 0.3) is 21.6 Å². The van der Waals surface area contributed by atoms with Crippen LogP contribution in [0.15, 0.2) is 35.7 Å². The van der Waals surface area contributed by atoms with Crippen molar-refractivity contribution >= 4 is 34.6 Å². The first kappa shape index (κ1) is 31.9. The monoisotopic (exact) mass is 618 g/mol. The molecule has 0 saturated heterocycles. The Morgan fingerprint density at radius 2 is 2.00 bits per heavy atom. The lowest BCUT2D eigenvalue weighted by Crippen LogP contribution is -2.34. The summed E-state index contributed by atoms with van der Waals surface area (Å²) < 4.78 is 12.3. The number of thiazole rings is 1. The Bertz CT molecular complexity index is 1500. The number of benzene rings is 1. The minimum absolute atomic E-state index is 0.0581. The molecule has 0 spiro atoms. The van der Waals surface area contributed by atoms with Gasteiger partial charge in [0.25, 0.3) is 0 Å². The molecule has 5 rings (SSSR count). The van der Waals surface area contributed by atoms with Crippen molar-refractivity contribution in [3.63, 3.8) is 0 Å². The third-order valence-corrected chi connectivity index (χ3v) is 9.91. The minimum atomic E-state index is -0.0676. The van der Waals surface area contributed by atoms with Gasteiger partial charge in [-0.05, 0) is 75.3 Å². The number of aromatic nitrogens is 2. The lowest BCUT2D eigenvalue weighted by Gasteiger charge is -2.18. The summed E-state index contributed by atoms with van der Waals surface area (Å²) in [6.45, 7) is 9.27. The van der Waals surface area contributed by atoms with Gasteiger partial charge in [-0.1, -0.05) is 32.9 Å². The molecule has 236 valence electrons. The number of fused-ring (bicyclic) bond motifs is 1. The number of unbranched alkanes of at least 4 members (excludes halogenated alkanes) is 2. The highest BCUT2D eigenvalue weighted by atomic mass is 32.1. The van der Waals surface area contributed by atoms with Crippen LogP contribution in [-0.4, -0.2) is 60.0 Å². The molecule has 44 heavy (non-hydrogen) atoms. The van der Waals surface area contributed by atoms with E-state index < -0.39 is 0 Å². The Kier molecular flexibility index (Phi) is 10.2. The first-order valence-electron chi connectivity index (χ1n) is 15.9. The van der Waals surface area contributed by atoms with Crippen LogP contribution >= 0.6 is 11.3 Å². The van der Waals surface area contributed by atoms with Crippen molar-refractivity contribution in [1.82, 2.24) is 20.2 Å². The van der Waals surface area contributed by atoms with E-state index in [9.17, 15) is 9.59 Å². The number of nitrogens with zero attached hydrogens (tertiary/aromatic N) is 3. The molecule has 2 aromatic heterocycles. The zero-order valence-corrected chi connectivity index (χ0v) is 27.7. The molecule has 3 aromatic rings. The van der Waals surface area contributed by atoms with Crippen molar-refractivity contribution in [1.29, 1.82) is 0 Å². The van der Waals surface area contributed by atoms with Gasteiger partial charge in [-0.3, -0.25) is 9.59 Å². The largest absolute Gasteiger partial charge is 0.496 e. The fourth-order valence-electron chi connectivity index (χ4n) is 6.14. The Morgan fingerprint density at radius 1 is 1.18 bits per heavy atom. The summed E-state index contributed by atoms with van der Waals surface area (Å²) in [5, 5.41) is 7.22. The van der Waals surface area contributed by atoms with Crippen LogP contribution in [0.4, 0.5) is 0 Å². The normalized spacial score (nSPS) is 22.9. The van der Waals surface area contributed by atoms with Crippen molar-refractivity contribution in [2.24, 2.45) is 17.8 Å². The summed E-state index contributed by atoms with van der Waals surface area (Å²) >= 11 is 1.60. The van der Waals surface area contributed by atoms with Crippen molar-refractivity contribution in [2.75, 3.05) is 20.7 Å². The van der Waals surface area contributed by atoms with Gasteiger partial charge in [-0.15, -0.1) is 11.3 Å². The molecule has 0 aliphatic heterocycles. The second-order valence-corrected chi connectivity index (χ2v) is 13.7. The maximum absolute atomic E-state index is 13.3. The van der Waals surface area contributed by atoms with E-state index in [1.807, 2.05) is 25.1 Å². The molecule has 8 nitrogen and oxygen atoms in total. The summed E-state index contributed by atoms with van der Waals surface area (Å²) in [7, 11) is 3.48. The highest BCUT2D eigenvalue weighted by molar-refractivity contribution is 7.13.